The summed E-state index contributed by atoms with van der Waals surface area (Å²) in [7, 11) is 2.10. The fourth-order valence-corrected chi connectivity index (χ4v) is 4.44. The lowest BCUT2D eigenvalue weighted by molar-refractivity contribution is 0.259. The third-order valence-electron chi connectivity index (χ3n) is 6.09. The number of likely N-dealkylation sites (N-methyl/N-ethyl adjacent to an activating group) is 1. The normalized spacial score (nSPS) is 12.2. The Kier molecular flexibility index (Phi) is 10.8. The zero-order valence-electron chi connectivity index (χ0n) is 21.9. The predicted molar refractivity (Wildman–Crippen MR) is 154 cm³/mol. The van der Waals surface area contributed by atoms with E-state index in [-0.39, 0.29) is 17.8 Å². The number of nitrogens with two attached hydrogens (primary N) is 2. The number of ether oxygens (including phenoxy) is 1. The molecule has 1 unspecified atom stereocenters. The summed E-state index contributed by atoms with van der Waals surface area (Å²) < 4.78 is 6.05. The van der Waals surface area contributed by atoms with E-state index < -0.39 is 0 Å². The maximum absolute atomic E-state index is 6.43. The molecule has 10 heteroatoms. The molecule has 200 valence electrons. The molecule has 3 rings (SSSR count). The number of aromatic nitrogens is 2. The quantitative estimate of drug-likeness (QED) is 0.235. The van der Waals surface area contributed by atoms with E-state index in [0.717, 1.165) is 43.1 Å². The van der Waals surface area contributed by atoms with E-state index in [1.807, 2.05) is 12.1 Å². The Labute approximate surface area is 229 Å². The Morgan fingerprint density at radius 2 is 1.68 bits per heavy atom. The number of hydrogen-bond donors (Lipinski definition) is 4. The summed E-state index contributed by atoms with van der Waals surface area (Å²) in [4.78, 5) is 10.8. The number of para-hydroxylation sites is 1. The van der Waals surface area contributed by atoms with Gasteiger partial charge in [-0.25, -0.2) is 4.98 Å². The van der Waals surface area contributed by atoms with Crippen LogP contribution in [0.5, 0.6) is 5.75 Å². The second kappa shape index (κ2) is 13.8. The molecule has 1 atom stereocenters. The number of nitrogen functional groups attached to an aromatic ring is 2. The van der Waals surface area contributed by atoms with Gasteiger partial charge in [0.1, 0.15) is 18.2 Å². The molecule has 0 aliphatic carbocycles. The molecule has 0 aliphatic heterocycles. The maximum Gasteiger partial charge on any atom is 0.222 e. The lowest BCUT2D eigenvalue weighted by Gasteiger charge is -2.21. The molecular weight excluding hydrogens is 509 g/mol. The van der Waals surface area contributed by atoms with Crippen molar-refractivity contribution in [1.82, 2.24) is 25.5 Å². The van der Waals surface area contributed by atoms with Gasteiger partial charge in [-0.05, 0) is 45.0 Å². The molecule has 1 heterocycles. The van der Waals surface area contributed by atoms with E-state index in [0.29, 0.717) is 40.0 Å². The van der Waals surface area contributed by atoms with E-state index >= 15 is 0 Å². The largest absolute Gasteiger partial charge is 0.491 e. The molecule has 8 nitrogen and oxygen atoms in total. The van der Waals surface area contributed by atoms with Crippen LogP contribution >= 0.6 is 23.2 Å². The molecule has 3 aromatic rings. The highest BCUT2D eigenvalue weighted by atomic mass is 35.5. The van der Waals surface area contributed by atoms with Crippen molar-refractivity contribution in [2.75, 3.05) is 51.3 Å². The molecule has 0 amide bonds. The Morgan fingerprint density at radius 1 is 1.00 bits per heavy atom. The van der Waals surface area contributed by atoms with Crippen LogP contribution in [-0.4, -0.2) is 60.7 Å². The summed E-state index contributed by atoms with van der Waals surface area (Å²) in [6.45, 7) is 10.8. The summed E-state index contributed by atoms with van der Waals surface area (Å²) in [6, 6.07) is 11.8. The number of halogens is 2. The minimum atomic E-state index is 0.120. The fraction of sp³-hybridized carbons (Fsp3) is 0.407. The predicted octanol–water partition coefficient (Wildman–Crippen LogP) is 4.31. The van der Waals surface area contributed by atoms with Crippen LogP contribution in [0.3, 0.4) is 0 Å². The minimum Gasteiger partial charge on any atom is -0.491 e. The van der Waals surface area contributed by atoms with Crippen molar-refractivity contribution in [2.45, 2.75) is 33.4 Å². The van der Waals surface area contributed by atoms with Crippen molar-refractivity contribution in [3.8, 4) is 16.9 Å². The molecular formula is C27H37Cl2N7O. The van der Waals surface area contributed by atoms with Gasteiger partial charge in [0.15, 0.2) is 0 Å². The van der Waals surface area contributed by atoms with Gasteiger partial charge in [-0.2, -0.15) is 4.98 Å². The summed E-state index contributed by atoms with van der Waals surface area (Å²) >= 11 is 12.6. The topological polar surface area (TPSA) is 114 Å². The first-order chi connectivity index (χ1) is 17.7. The maximum atomic E-state index is 6.43. The van der Waals surface area contributed by atoms with Gasteiger partial charge in [-0.15, -0.1) is 0 Å². The van der Waals surface area contributed by atoms with Gasteiger partial charge < -0.3 is 31.7 Å². The molecule has 0 saturated carbocycles. The van der Waals surface area contributed by atoms with Crippen molar-refractivity contribution in [3.63, 3.8) is 0 Å². The second-order valence-electron chi connectivity index (χ2n) is 9.26. The van der Waals surface area contributed by atoms with Gasteiger partial charge in [-0.1, -0.05) is 53.5 Å². The lowest BCUT2D eigenvalue weighted by Crippen LogP contribution is -2.39. The average Bonchev–Trinajstić information content (AvgIpc) is 2.83. The van der Waals surface area contributed by atoms with Crippen LogP contribution in [0.2, 0.25) is 10.0 Å². The van der Waals surface area contributed by atoms with Gasteiger partial charge in [0.2, 0.25) is 5.95 Å². The number of hydrogen-bond acceptors (Lipinski definition) is 8. The Bertz CT molecular complexity index is 1170. The first kappa shape index (κ1) is 28.9. The number of anilines is 2. The van der Waals surface area contributed by atoms with Crippen LogP contribution in [0.15, 0.2) is 36.4 Å². The van der Waals surface area contributed by atoms with Gasteiger partial charge in [-0.3, -0.25) is 0 Å². The summed E-state index contributed by atoms with van der Waals surface area (Å²) in [5.41, 5.74) is 16.4. The zero-order chi connectivity index (χ0) is 26.9. The fourth-order valence-electron chi connectivity index (χ4n) is 4.05. The molecule has 0 saturated heterocycles. The van der Waals surface area contributed by atoms with Crippen molar-refractivity contribution >= 4 is 35.0 Å². The molecule has 0 spiro atoms. The lowest BCUT2D eigenvalue weighted by atomic mass is 10.0. The van der Waals surface area contributed by atoms with Crippen LogP contribution in [0, 0.1) is 13.8 Å². The van der Waals surface area contributed by atoms with Crippen LogP contribution in [-0.2, 0) is 6.54 Å². The zero-order valence-corrected chi connectivity index (χ0v) is 23.5. The molecule has 1 aromatic heterocycles. The summed E-state index contributed by atoms with van der Waals surface area (Å²) in [6.07, 6.45) is 0. The monoisotopic (exact) mass is 545 g/mol. The van der Waals surface area contributed by atoms with E-state index in [1.54, 1.807) is 6.07 Å². The van der Waals surface area contributed by atoms with Gasteiger partial charge in [0.05, 0.1) is 15.7 Å². The third-order valence-corrected chi connectivity index (χ3v) is 6.90. The van der Waals surface area contributed by atoms with Crippen molar-refractivity contribution in [3.05, 3.63) is 63.3 Å². The number of benzene rings is 2. The van der Waals surface area contributed by atoms with Crippen LogP contribution < -0.4 is 26.8 Å². The first-order valence-corrected chi connectivity index (χ1v) is 13.1. The smallest absolute Gasteiger partial charge is 0.222 e. The highest BCUT2D eigenvalue weighted by Crippen LogP contribution is 2.37. The van der Waals surface area contributed by atoms with Gasteiger partial charge in [0, 0.05) is 49.9 Å². The molecule has 6 N–H and O–H groups in total. The Balaban J connectivity index is 1.43. The molecule has 0 fully saturated rings. The number of nitrogens with one attached hydrogen (secondary N) is 2. The summed E-state index contributed by atoms with van der Waals surface area (Å²) in [5, 5.41) is 7.80. The molecule has 0 aliphatic rings. The van der Waals surface area contributed by atoms with E-state index in [9.17, 15) is 0 Å². The molecule has 2 aromatic carbocycles. The Hall–Kier alpha value is -2.62. The molecule has 37 heavy (non-hydrogen) atoms. The number of rotatable bonds is 13. The van der Waals surface area contributed by atoms with Crippen LogP contribution in [0.4, 0.5) is 11.8 Å². The van der Waals surface area contributed by atoms with E-state index in [1.165, 1.54) is 0 Å². The third kappa shape index (κ3) is 8.18. The standard InChI is InChI=1S/C27H37Cl2N7O/c1-17-7-5-8-18(2)25(17)37-16-19(3)33-12-14-36(4)13-11-32-15-22-23(26(30)35-27(31)34-22)20-9-6-10-21(28)24(20)29/h5-10,19,32-33H,11-16H2,1-4H3,(H4,30,31,34,35). The number of aryl methyl sites for hydroxylation is 2. The molecule has 0 bridgehead atoms. The van der Waals surface area contributed by atoms with Gasteiger partial charge in [0.25, 0.3) is 0 Å². The van der Waals surface area contributed by atoms with Crippen molar-refractivity contribution in [1.29, 1.82) is 0 Å². The average molecular weight is 547 g/mol. The summed E-state index contributed by atoms with van der Waals surface area (Å²) in [5.74, 6) is 1.37. The first-order valence-electron chi connectivity index (χ1n) is 12.3. The highest BCUT2D eigenvalue weighted by Gasteiger charge is 2.17. The Morgan fingerprint density at radius 3 is 2.41 bits per heavy atom. The van der Waals surface area contributed by atoms with Crippen LogP contribution in [0.25, 0.3) is 11.1 Å². The van der Waals surface area contributed by atoms with Crippen LogP contribution in [0.1, 0.15) is 23.7 Å². The second-order valence-corrected chi connectivity index (χ2v) is 10.0. The highest BCUT2D eigenvalue weighted by molar-refractivity contribution is 6.43. The number of nitrogens with zero attached hydrogens (tertiary/aromatic N) is 3. The van der Waals surface area contributed by atoms with Crippen molar-refractivity contribution < 1.29 is 4.74 Å². The molecule has 0 radical (unpaired) electrons. The van der Waals surface area contributed by atoms with Gasteiger partial charge >= 0.3 is 0 Å². The van der Waals surface area contributed by atoms with Crippen molar-refractivity contribution in [2.24, 2.45) is 0 Å². The van der Waals surface area contributed by atoms with E-state index in [4.69, 9.17) is 39.4 Å². The van der Waals surface area contributed by atoms with E-state index in [2.05, 4.69) is 71.5 Å². The SMILES string of the molecule is Cc1cccc(C)c1OCC(C)NCCN(C)CCNCc1nc(N)nc(N)c1-c1cccc(Cl)c1Cl. The minimum absolute atomic E-state index is 0.120.